The average Bonchev–Trinajstić information content (AvgIpc) is 3.00. The van der Waals surface area contributed by atoms with E-state index in [-0.39, 0.29) is 30.0 Å². The van der Waals surface area contributed by atoms with Crippen molar-refractivity contribution in [1.82, 2.24) is 25.3 Å². The maximum Gasteiger partial charge on any atom is 0.191 e. The molecule has 1 heterocycles. The van der Waals surface area contributed by atoms with Gasteiger partial charge in [-0.1, -0.05) is 12.1 Å². The fourth-order valence-electron chi connectivity index (χ4n) is 3.18. The Morgan fingerprint density at radius 1 is 1.21 bits per heavy atom. The Labute approximate surface area is 191 Å². The van der Waals surface area contributed by atoms with Gasteiger partial charge < -0.3 is 20.3 Å². The first-order valence-corrected chi connectivity index (χ1v) is 9.70. The van der Waals surface area contributed by atoms with E-state index in [2.05, 4.69) is 69.5 Å². The number of rotatable bonds is 9. The lowest BCUT2D eigenvalue weighted by Gasteiger charge is -2.26. The number of ether oxygens (including phenoxy) is 1. The second-order valence-electron chi connectivity index (χ2n) is 7.14. The zero-order valence-corrected chi connectivity index (χ0v) is 20.7. The maximum atomic E-state index is 5.26. The van der Waals surface area contributed by atoms with Crippen molar-refractivity contribution in [3.05, 3.63) is 47.3 Å². The lowest BCUT2D eigenvalue weighted by molar-refractivity contribution is 0.298. The van der Waals surface area contributed by atoms with Gasteiger partial charge in [-0.25, -0.2) is 0 Å². The zero-order chi connectivity index (χ0) is 20.5. The summed E-state index contributed by atoms with van der Waals surface area (Å²) in [6, 6.07) is 10.6. The molecule has 0 saturated heterocycles. The summed E-state index contributed by atoms with van der Waals surface area (Å²) >= 11 is 0. The Balaban J connectivity index is 0.00000420. The summed E-state index contributed by atoms with van der Waals surface area (Å²) in [6.07, 6.45) is 0.984. The molecule has 0 aliphatic carbocycles. The van der Waals surface area contributed by atoms with Crippen molar-refractivity contribution in [2.45, 2.75) is 32.9 Å². The molecule has 162 valence electrons. The molecule has 0 aliphatic rings. The Bertz CT molecular complexity index is 757. The highest BCUT2D eigenvalue weighted by atomic mass is 127. The van der Waals surface area contributed by atoms with Gasteiger partial charge in [-0.2, -0.15) is 5.10 Å². The predicted molar refractivity (Wildman–Crippen MR) is 131 cm³/mol. The van der Waals surface area contributed by atoms with Crippen molar-refractivity contribution >= 4 is 29.9 Å². The number of likely N-dealkylation sites (N-methyl/N-ethyl adjacent to an activating group) is 1. The van der Waals surface area contributed by atoms with Crippen molar-refractivity contribution in [1.29, 1.82) is 0 Å². The number of hydrogen-bond acceptors (Lipinski definition) is 4. The Hall–Kier alpha value is -1.81. The predicted octanol–water partition coefficient (Wildman–Crippen LogP) is 2.98. The lowest BCUT2D eigenvalue weighted by atomic mass is 10.1. The molecule has 2 aromatic rings. The van der Waals surface area contributed by atoms with Gasteiger partial charge in [0.1, 0.15) is 5.75 Å². The number of nitrogens with zero attached hydrogens (tertiary/aromatic N) is 4. The van der Waals surface area contributed by atoms with E-state index >= 15 is 0 Å². The zero-order valence-electron chi connectivity index (χ0n) is 18.4. The monoisotopic (exact) mass is 514 g/mol. The highest BCUT2D eigenvalue weighted by Crippen LogP contribution is 2.20. The van der Waals surface area contributed by atoms with Crippen LogP contribution in [0.3, 0.4) is 0 Å². The molecule has 1 aromatic heterocycles. The number of nitrogens with one attached hydrogen (secondary N) is 2. The molecule has 0 amide bonds. The number of benzene rings is 1. The third-order valence-corrected chi connectivity index (χ3v) is 4.75. The van der Waals surface area contributed by atoms with Crippen LogP contribution in [0.1, 0.15) is 29.4 Å². The first-order chi connectivity index (χ1) is 13.4. The summed E-state index contributed by atoms with van der Waals surface area (Å²) in [7, 11) is 7.65. The van der Waals surface area contributed by atoms with E-state index in [1.807, 2.05) is 19.1 Å². The SMILES string of the molecule is CN=C(NCCCn1nc(C)cc1C)NCC(c1ccc(OC)cc1)N(C)C.I. The van der Waals surface area contributed by atoms with Crippen LogP contribution < -0.4 is 15.4 Å². The van der Waals surface area contributed by atoms with E-state index in [4.69, 9.17) is 4.74 Å². The molecular formula is C21H35IN6O. The average molecular weight is 514 g/mol. The van der Waals surface area contributed by atoms with Crippen LogP contribution in [0.4, 0.5) is 0 Å². The van der Waals surface area contributed by atoms with E-state index in [9.17, 15) is 0 Å². The van der Waals surface area contributed by atoms with Gasteiger partial charge in [-0.05, 0) is 58.1 Å². The second kappa shape index (κ2) is 12.7. The summed E-state index contributed by atoms with van der Waals surface area (Å²) in [5.74, 6) is 1.68. The highest BCUT2D eigenvalue weighted by Gasteiger charge is 2.14. The maximum absolute atomic E-state index is 5.26. The number of guanidine groups is 1. The summed E-state index contributed by atoms with van der Waals surface area (Å²) in [4.78, 5) is 6.54. The van der Waals surface area contributed by atoms with Crippen LogP contribution >= 0.6 is 24.0 Å². The molecule has 0 saturated carbocycles. The van der Waals surface area contributed by atoms with E-state index < -0.39 is 0 Å². The molecular weight excluding hydrogens is 479 g/mol. The van der Waals surface area contributed by atoms with Crippen LogP contribution in [-0.2, 0) is 6.54 Å². The van der Waals surface area contributed by atoms with Crippen LogP contribution in [0.25, 0.3) is 0 Å². The molecule has 0 radical (unpaired) electrons. The van der Waals surface area contributed by atoms with Crippen LogP contribution in [0.15, 0.2) is 35.3 Å². The van der Waals surface area contributed by atoms with Gasteiger partial charge in [-0.15, -0.1) is 24.0 Å². The standard InChI is InChI=1S/C21H34N6O.HI/c1-16-14-17(2)27(25-16)13-7-12-23-21(22-3)24-15-20(26(4)5)18-8-10-19(28-6)11-9-18;/h8-11,14,20H,7,12-13,15H2,1-6H3,(H2,22,23,24);1H. The van der Waals surface area contributed by atoms with E-state index in [0.29, 0.717) is 0 Å². The molecule has 1 aromatic carbocycles. The fourth-order valence-corrected chi connectivity index (χ4v) is 3.18. The molecule has 0 spiro atoms. The third kappa shape index (κ3) is 7.85. The van der Waals surface area contributed by atoms with E-state index in [0.717, 1.165) is 43.5 Å². The van der Waals surface area contributed by atoms with Crippen LogP contribution in [-0.4, -0.2) is 62.0 Å². The molecule has 1 atom stereocenters. The first-order valence-electron chi connectivity index (χ1n) is 9.70. The molecule has 29 heavy (non-hydrogen) atoms. The van der Waals surface area contributed by atoms with Crippen molar-refractivity contribution < 1.29 is 4.74 Å². The van der Waals surface area contributed by atoms with Crippen LogP contribution in [0, 0.1) is 13.8 Å². The van der Waals surface area contributed by atoms with Crippen molar-refractivity contribution in [3.63, 3.8) is 0 Å². The van der Waals surface area contributed by atoms with Gasteiger partial charge in [0.25, 0.3) is 0 Å². The largest absolute Gasteiger partial charge is 0.497 e. The topological polar surface area (TPSA) is 66.7 Å². The number of aryl methyl sites for hydroxylation is 3. The molecule has 1 unspecified atom stereocenters. The number of methoxy groups -OCH3 is 1. The minimum atomic E-state index is 0. The number of halogens is 1. The lowest BCUT2D eigenvalue weighted by Crippen LogP contribution is -2.42. The molecule has 2 rings (SSSR count). The summed E-state index contributed by atoms with van der Waals surface area (Å²) in [5, 5.41) is 11.3. The van der Waals surface area contributed by atoms with Gasteiger partial charge in [0.15, 0.2) is 5.96 Å². The normalized spacial score (nSPS) is 12.4. The second-order valence-corrected chi connectivity index (χ2v) is 7.14. The summed E-state index contributed by atoms with van der Waals surface area (Å²) < 4.78 is 7.31. The van der Waals surface area contributed by atoms with Gasteiger partial charge >= 0.3 is 0 Å². The molecule has 0 bridgehead atoms. The molecule has 8 heteroatoms. The first kappa shape index (κ1) is 25.2. The minimum Gasteiger partial charge on any atom is -0.497 e. The quantitative estimate of drug-likeness (QED) is 0.233. The van der Waals surface area contributed by atoms with Crippen LogP contribution in [0.5, 0.6) is 5.75 Å². The Kier molecular flexibility index (Phi) is 11.0. The minimum absolute atomic E-state index is 0. The van der Waals surface area contributed by atoms with Gasteiger partial charge in [-0.3, -0.25) is 9.67 Å². The van der Waals surface area contributed by atoms with Crippen LogP contribution in [0.2, 0.25) is 0 Å². The Morgan fingerprint density at radius 2 is 1.90 bits per heavy atom. The molecule has 0 fully saturated rings. The van der Waals surface area contributed by atoms with Gasteiger partial charge in [0, 0.05) is 32.4 Å². The highest BCUT2D eigenvalue weighted by molar-refractivity contribution is 14.0. The van der Waals surface area contributed by atoms with E-state index in [1.165, 1.54) is 11.3 Å². The Morgan fingerprint density at radius 3 is 2.41 bits per heavy atom. The molecule has 2 N–H and O–H groups in total. The fraction of sp³-hybridized carbons (Fsp3) is 0.524. The van der Waals surface area contributed by atoms with Crippen molar-refractivity contribution in [2.75, 3.05) is 41.3 Å². The van der Waals surface area contributed by atoms with Gasteiger partial charge in [0.05, 0.1) is 18.8 Å². The molecule has 0 aliphatic heterocycles. The third-order valence-electron chi connectivity index (χ3n) is 4.75. The van der Waals surface area contributed by atoms with E-state index in [1.54, 1.807) is 14.2 Å². The number of aliphatic imine (C=N–C) groups is 1. The van der Waals surface area contributed by atoms with Crippen molar-refractivity contribution in [2.24, 2.45) is 4.99 Å². The number of aromatic nitrogens is 2. The number of hydrogen-bond donors (Lipinski definition) is 2. The van der Waals surface area contributed by atoms with Gasteiger partial charge in [0.2, 0.25) is 0 Å². The summed E-state index contributed by atoms with van der Waals surface area (Å²) in [6.45, 7) is 6.62. The van der Waals surface area contributed by atoms with Crippen molar-refractivity contribution in [3.8, 4) is 5.75 Å². The summed E-state index contributed by atoms with van der Waals surface area (Å²) in [5.41, 5.74) is 3.50. The molecule has 7 nitrogen and oxygen atoms in total. The smallest absolute Gasteiger partial charge is 0.191 e.